The summed E-state index contributed by atoms with van der Waals surface area (Å²) in [7, 11) is 0. The Morgan fingerprint density at radius 3 is 2.43 bits per heavy atom. The number of benzene rings is 2. The van der Waals surface area contributed by atoms with Gasteiger partial charge in [0.1, 0.15) is 5.75 Å². The molecule has 2 aromatic rings. The number of hydrogen-bond donors (Lipinski definition) is 1. The van der Waals surface area contributed by atoms with Gasteiger partial charge in [-0.1, -0.05) is 35.9 Å². The van der Waals surface area contributed by atoms with Crippen LogP contribution in [0, 0.1) is 12.8 Å². The molecule has 1 aliphatic rings. The van der Waals surface area contributed by atoms with Crippen LogP contribution in [0.2, 0.25) is 0 Å². The molecule has 1 saturated heterocycles. The number of likely N-dealkylation sites (tertiary alicyclic amines) is 1. The molecule has 1 fully saturated rings. The van der Waals surface area contributed by atoms with Gasteiger partial charge in [-0.3, -0.25) is 14.4 Å². The summed E-state index contributed by atoms with van der Waals surface area (Å²) in [6.07, 6.45) is 2.17. The number of piperidine rings is 1. The fourth-order valence-electron chi connectivity index (χ4n) is 3.58. The number of aryl methyl sites for hydroxylation is 1. The standard InChI is InChI=1S/C24H28N2O4/c1-17-6-8-19(9-7-17)14-23(28)26-12-10-20(11-13-26)16-25-24(29)21-4-3-5-22(15-21)30-18(2)27/h3-9,15,20H,10-14,16H2,1-2H3,(H,25,29). The molecular formula is C24H28N2O4. The molecule has 0 bridgehead atoms. The normalized spacial score (nSPS) is 14.3. The number of rotatable bonds is 6. The molecule has 0 saturated carbocycles. The highest BCUT2D eigenvalue weighted by molar-refractivity contribution is 5.94. The second-order valence-electron chi connectivity index (χ2n) is 7.82. The molecule has 1 N–H and O–H groups in total. The molecule has 1 heterocycles. The van der Waals surface area contributed by atoms with Crippen LogP contribution in [0.1, 0.15) is 41.3 Å². The predicted octanol–water partition coefficient (Wildman–Crippen LogP) is 3.13. The van der Waals surface area contributed by atoms with Crippen molar-refractivity contribution in [3.8, 4) is 5.75 Å². The summed E-state index contributed by atoms with van der Waals surface area (Å²) in [5.74, 6) is 0.242. The molecule has 0 unspecified atom stereocenters. The number of hydrogen-bond acceptors (Lipinski definition) is 4. The van der Waals surface area contributed by atoms with E-state index < -0.39 is 5.97 Å². The summed E-state index contributed by atoms with van der Waals surface area (Å²) in [4.78, 5) is 37.9. The molecule has 0 radical (unpaired) electrons. The van der Waals surface area contributed by atoms with E-state index in [1.807, 2.05) is 36.1 Å². The van der Waals surface area contributed by atoms with E-state index in [4.69, 9.17) is 4.74 Å². The van der Waals surface area contributed by atoms with Crippen molar-refractivity contribution in [3.05, 3.63) is 65.2 Å². The molecule has 2 aromatic carbocycles. The van der Waals surface area contributed by atoms with Crippen molar-refractivity contribution >= 4 is 17.8 Å². The summed E-state index contributed by atoms with van der Waals surface area (Å²) in [6, 6.07) is 14.6. The second-order valence-corrected chi connectivity index (χ2v) is 7.82. The van der Waals surface area contributed by atoms with E-state index in [-0.39, 0.29) is 11.8 Å². The van der Waals surface area contributed by atoms with Gasteiger partial charge in [0, 0.05) is 32.1 Å². The highest BCUT2D eigenvalue weighted by Crippen LogP contribution is 2.18. The average Bonchev–Trinajstić information content (AvgIpc) is 2.73. The van der Waals surface area contributed by atoms with Crippen LogP contribution < -0.4 is 10.1 Å². The summed E-state index contributed by atoms with van der Waals surface area (Å²) in [6.45, 7) is 5.35. The Kier molecular flexibility index (Phi) is 7.22. The molecule has 158 valence electrons. The van der Waals surface area contributed by atoms with Gasteiger partial charge in [-0.15, -0.1) is 0 Å². The van der Waals surface area contributed by atoms with E-state index in [0.717, 1.165) is 18.4 Å². The molecule has 0 atom stereocenters. The second kappa shape index (κ2) is 10.1. The lowest BCUT2D eigenvalue weighted by molar-refractivity contribution is -0.132. The minimum Gasteiger partial charge on any atom is -0.427 e. The molecule has 0 aromatic heterocycles. The minimum atomic E-state index is -0.420. The third kappa shape index (κ3) is 6.17. The van der Waals surface area contributed by atoms with Crippen molar-refractivity contribution in [1.82, 2.24) is 10.2 Å². The maximum atomic E-state index is 12.5. The Balaban J connectivity index is 1.43. The van der Waals surface area contributed by atoms with E-state index in [0.29, 0.717) is 43.3 Å². The lowest BCUT2D eigenvalue weighted by Crippen LogP contribution is -2.42. The fourth-order valence-corrected chi connectivity index (χ4v) is 3.58. The summed E-state index contributed by atoms with van der Waals surface area (Å²) in [5, 5.41) is 2.96. The van der Waals surface area contributed by atoms with Crippen molar-refractivity contribution in [2.24, 2.45) is 5.92 Å². The van der Waals surface area contributed by atoms with Gasteiger partial charge in [0.15, 0.2) is 0 Å². The van der Waals surface area contributed by atoms with Crippen LogP contribution in [0.4, 0.5) is 0 Å². The molecular weight excluding hydrogens is 380 g/mol. The first-order valence-corrected chi connectivity index (χ1v) is 10.3. The molecule has 3 rings (SSSR count). The van der Waals surface area contributed by atoms with Gasteiger partial charge in [-0.05, 0) is 49.4 Å². The fraction of sp³-hybridized carbons (Fsp3) is 0.375. The largest absolute Gasteiger partial charge is 0.427 e. The molecule has 0 aliphatic carbocycles. The Morgan fingerprint density at radius 2 is 1.77 bits per heavy atom. The van der Waals surface area contributed by atoms with Crippen molar-refractivity contribution in [1.29, 1.82) is 0 Å². The van der Waals surface area contributed by atoms with E-state index in [1.54, 1.807) is 24.3 Å². The smallest absolute Gasteiger partial charge is 0.308 e. The van der Waals surface area contributed by atoms with Crippen molar-refractivity contribution in [2.75, 3.05) is 19.6 Å². The van der Waals surface area contributed by atoms with Crippen LogP contribution in [0.25, 0.3) is 0 Å². The molecule has 1 aliphatic heterocycles. The van der Waals surface area contributed by atoms with Gasteiger partial charge in [0.2, 0.25) is 5.91 Å². The Bertz CT molecular complexity index is 900. The van der Waals surface area contributed by atoms with Gasteiger partial charge < -0.3 is 15.0 Å². The van der Waals surface area contributed by atoms with Gasteiger partial charge in [-0.25, -0.2) is 0 Å². The van der Waals surface area contributed by atoms with Gasteiger partial charge in [0.05, 0.1) is 6.42 Å². The first-order valence-electron chi connectivity index (χ1n) is 10.3. The minimum absolute atomic E-state index is 0.156. The number of esters is 1. The van der Waals surface area contributed by atoms with E-state index in [1.165, 1.54) is 12.5 Å². The predicted molar refractivity (Wildman–Crippen MR) is 114 cm³/mol. The first-order chi connectivity index (χ1) is 14.4. The summed E-state index contributed by atoms with van der Waals surface area (Å²) >= 11 is 0. The molecule has 6 nitrogen and oxygen atoms in total. The number of nitrogens with zero attached hydrogens (tertiary/aromatic N) is 1. The number of carbonyl (C=O) groups is 3. The summed E-state index contributed by atoms with van der Waals surface area (Å²) in [5.41, 5.74) is 2.68. The third-order valence-corrected chi connectivity index (χ3v) is 5.35. The number of carbonyl (C=O) groups excluding carboxylic acids is 3. The molecule has 0 spiro atoms. The van der Waals surface area contributed by atoms with Gasteiger partial charge in [-0.2, -0.15) is 0 Å². The SMILES string of the molecule is CC(=O)Oc1cccc(C(=O)NCC2CCN(C(=O)Cc3ccc(C)cc3)CC2)c1. The zero-order chi connectivity index (χ0) is 21.5. The van der Waals surface area contributed by atoms with Gasteiger partial charge in [0.25, 0.3) is 5.91 Å². The Hall–Kier alpha value is -3.15. The summed E-state index contributed by atoms with van der Waals surface area (Å²) < 4.78 is 5.03. The van der Waals surface area contributed by atoms with Crippen LogP contribution in [0.3, 0.4) is 0 Å². The highest BCUT2D eigenvalue weighted by Gasteiger charge is 2.23. The van der Waals surface area contributed by atoms with E-state index in [2.05, 4.69) is 5.32 Å². The van der Waals surface area contributed by atoms with E-state index >= 15 is 0 Å². The third-order valence-electron chi connectivity index (χ3n) is 5.35. The van der Waals surface area contributed by atoms with Crippen molar-refractivity contribution in [2.45, 2.75) is 33.1 Å². The Labute approximate surface area is 177 Å². The number of amides is 2. The van der Waals surface area contributed by atoms with Crippen LogP contribution >= 0.6 is 0 Å². The van der Waals surface area contributed by atoms with Gasteiger partial charge >= 0.3 is 5.97 Å². The monoisotopic (exact) mass is 408 g/mol. The van der Waals surface area contributed by atoms with Crippen molar-refractivity contribution in [3.63, 3.8) is 0 Å². The zero-order valence-corrected chi connectivity index (χ0v) is 17.5. The lowest BCUT2D eigenvalue weighted by Gasteiger charge is -2.32. The Morgan fingerprint density at radius 1 is 1.07 bits per heavy atom. The maximum absolute atomic E-state index is 12.5. The van der Waals surface area contributed by atoms with Crippen LogP contribution in [0.15, 0.2) is 48.5 Å². The maximum Gasteiger partial charge on any atom is 0.308 e. The topological polar surface area (TPSA) is 75.7 Å². The molecule has 2 amide bonds. The lowest BCUT2D eigenvalue weighted by atomic mass is 9.96. The molecule has 30 heavy (non-hydrogen) atoms. The zero-order valence-electron chi connectivity index (χ0n) is 17.5. The first kappa shape index (κ1) is 21.6. The number of nitrogens with one attached hydrogen (secondary N) is 1. The van der Waals surface area contributed by atoms with Crippen molar-refractivity contribution < 1.29 is 19.1 Å². The van der Waals surface area contributed by atoms with Crippen LogP contribution in [-0.4, -0.2) is 42.3 Å². The van der Waals surface area contributed by atoms with Crippen LogP contribution in [-0.2, 0) is 16.0 Å². The van der Waals surface area contributed by atoms with E-state index in [9.17, 15) is 14.4 Å². The quantitative estimate of drug-likeness (QED) is 0.589. The van der Waals surface area contributed by atoms with Crippen LogP contribution in [0.5, 0.6) is 5.75 Å². The average molecular weight is 408 g/mol. The number of ether oxygens (including phenoxy) is 1. The highest BCUT2D eigenvalue weighted by atomic mass is 16.5. The molecule has 6 heteroatoms.